The molecule has 1 unspecified atom stereocenters. The molecule has 0 aliphatic carbocycles. The maximum absolute atomic E-state index is 13.8. The lowest BCUT2D eigenvalue weighted by atomic mass is 10.0. The molecule has 1 heterocycles. The molecular weight excluding hydrogens is 417 g/mol. The van der Waals surface area contributed by atoms with Gasteiger partial charge in [0.25, 0.3) is 0 Å². The highest BCUT2D eigenvalue weighted by molar-refractivity contribution is 5.89. The van der Waals surface area contributed by atoms with Gasteiger partial charge in [-0.1, -0.05) is 54.6 Å². The standard InChI is InChI=1S/C27H24FN3O2/c28-25-8-4-7-23(13-25)18-31(17-22-11-9-20(15-29)10-12-22)27(33)24-14-26(32)30(19-24)16-21-5-2-1-3-6-21/h1-13,24H,14,16-19H2. The van der Waals surface area contributed by atoms with Crippen LogP contribution in [0.15, 0.2) is 78.9 Å². The molecule has 0 bridgehead atoms. The number of benzene rings is 3. The van der Waals surface area contributed by atoms with Gasteiger partial charge < -0.3 is 9.80 Å². The fourth-order valence-corrected chi connectivity index (χ4v) is 4.12. The minimum Gasteiger partial charge on any atom is -0.338 e. The van der Waals surface area contributed by atoms with Gasteiger partial charge in [-0.3, -0.25) is 9.59 Å². The van der Waals surface area contributed by atoms with Crippen molar-refractivity contribution >= 4 is 11.8 Å². The number of likely N-dealkylation sites (tertiary alicyclic amines) is 1. The third kappa shape index (κ3) is 5.64. The monoisotopic (exact) mass is 441 g/mol. The average Bonchev–Trinajstić information content (AvgIpc) is 3.19. The first-order chi connectivity index (χ1) is 16.0. The van der Waals surface area contributed by atoms with Crippen LogP contribution in [0.4, 0.5) is 4.39 Å². The largest absolute Gasteiger partial charge is 0.338 e. The van der Waals surface area contributed by atoms with Crippen molar-refractivity contribution < 1.29 is 14.0 Å². The molecule has 1 atom stereocenters. The number of hydrogen-bond donors (Lipinski definition) is 0. The number of amides is 2. The first-order valence-electron chi connectivity index (χ1n) is 10.9. The first-order valence-corrected chi connectivity index (χ1v) is 10.9. The molecule has 0 spiro atoms. The van der Waals surface area contributed by atoms with Gasteiger partial charge >= 0.3 is 0 Å². The first kappa shape index (κ1) is 22.2. The van der Waals surface area contributed by atoms with Gasteiger partial charge in [-0.2, -0.15) is 5.26 Å². The smallest absolute Gasteiger partial charge is 0.228 e. The van der Waals surface area contributed by atoms with Gasteiger partial charge in [0.05, 0.1) is 17.6 Å². The molecule has 0 aromatic heterocycles. The lowest BCUT2D eigenvalue weighted by molar-refractivity contribution is -0.137. The number of nitrogens with zero attached hydrogens (tertiary/aromatic N) is 3. The molecule has 1 saturated heterocycles. The van der Waals surface area contributed by atoms with E-state index in [1.54, 1.807) is 34.1 Å². The van der Waals surface area contributed by atoms with Crippen LogP contribution in [0.2, 0.25) is 0 Å². The van der Waals surface area contributed by atoms with E-state index in [2.05, 4.69) is 6.07 Å². The van der Waals surface area contributed by atoms with Crippen LogP contribution in [0.1, 0.15) is 28.7 Å². The van der Waals surface area contributed by atoms with E-state index >= 15 is 0 Å². The molecule has 3 aromatic carbocycles. The molecule has 0 saturated carbocycles. The Hall–Kier alpha value is -3.98. The van der Waals surface area contributed by atoms with Gasteiger partial charge in [-0.05, 0) is 41.0 Å². The Balaban J connectivity index is 1.51. The molecule has 2 amide bonds. The molecule has 166 valence electrons. The van der Waals surface area contributed by atoms with Crippen molar-refractivity contribution in [3.63, 3.8) is 0 Å². The SMILES string of the molecule is N#Cc1ccc(CN(Cc2cccc(F)c2)C(=O)C2CC(=O)N(Cc3ccccc3)C2)cc1. The molecule has 3 aromatic rings. The Bertz CT molecular complexity index is 1170. The fraction of sp³-hybridized carbons (Fsp3) is 0.222. The third-order valence-corrected chi connectivity index (χ3v) is 5.81. The van der Waals surface area contributed by atoms with Crippen LogP contribution in [-0.4, -0.2) is 28.2 Å². The van der Waals surface area contributed by atoms with E-state index < -0.39 is 5.92 Å². The zero-order chi connectivity index (χ0) is 23.2. The van der Waals surface area contributed by atoms with E-state index in [0.717, 1.165) is 11.1 Å². The second kappa shape index (κ2) is 10.1. The summed E-state index contributed by atoms with van der Waals surface area (Å²) in [6.45, 7) is 1.38. The summed E-state index contributed by atoms with van der Waals surface area (Å²) in [5, 5.41) is 9.03. The number of nitriles is 1. The summed E-state index contributed by atoms with van der Waals surface area (Å²) in [6.07, 6.45) is 0.165. The maximum Gasteiger partial charge on any atom is 0.228 e. The summed E-state index contributed by atoms with van der Waals surface area (Å²) in [6, 6.07) is 25.0. The maximum atomic E-state index is 13.8. The number of carbonyl (C=O) groups excluding carboxylic acids is 2. The highest BCUT2D eigenvalue weighted by Gasteiger charge is 2.36. The fourth-order valence-electron chi connectivity index (χ4n) is 4.12. The Kier molecular flexibility index (Phi) is 6.80. The molecule has 6 heteroatoms. The Morgan fingerprint density at radius 1 is 0.970 bits per heavy atom. The number of carbonyl (C=O) groups is 2. The summed E-state index contributed by atoms with van der Waals surface area (Å²) >= 11 is 0. The van der Waals surface area contributed by atoms with E-state index in [4.69, 9.17) is 5.26 Å². The predicted octanol–water partition coefficient (Wildman–Crippen LogP) is 4.27. The van der Waals surface area contributed by atoms with Crippen LogP contribution < -0.4 is 0 Å². The minimum atomic E-state index is -0.451. The van der Waals surface area contributed by atoms with Crippen molar-refractivity contribution in [2.75, 3.05) is 6.54 Å². The Morgan fingerprint density at radius 2 is 1.67 bits per heavy atom. The summed E-state index contributed by atoms with van der Waals surface area (Å²) in [5.74, 6) is -0.981. The van der Waals surface area contributed by atoms with Crippen molar-refractivity contribution in [3.05, 3.63) is 107 Å². The van der Waals surface area contributed by atoms with Crippen LogP contribution in [0.3, 0.4) is 0 Å². The lowest BCUT2D eigenvalue weighted by Gasteiger charge is -2.26. The van der Waals surface area contributed by atoms with Crippen molar-refractivity contribution in [2.45, 2.75) is 26.1 Å². The Labute approximate surface area is 192 Å². The molecular formula is C27H24FN3O2. The van der Waals surface area contributed by atoms with Crippen LogP contribution in [0, 0.1) is 23.1 Å². The second-order valence-corrected chi connectivity index (χ2v) is 8.29. The second-order valence-electron chi connectivity index (χ2n) is 8.29. The normalized spacial score (nSPS) is 15.3. The van der Waals surface area contributed by atoms with Gasteiger partial charge in [0.2, 0.25) is 11.8 Å². The molecule has 5 nitrogen and oxygen atoms in total. The Morgan fingerprint density at radius 3 is 2.36 bits per heavy atom. The lowest BCUT2D eigenvalue weighted by Crippen LogP contribution is -2.36. The van der Waals surface area contributed by atoms with Crippen molar-refractivity contribution in [1.29, 1.82) is 5.26 Å². The molecule has 4 rings (SSSR count). The number of halogens is 1. The summed E-state index contributed by atoms with van der Waals surface area (Å²) in [4.78, 5) is 29.5. The van der Waals surface area contributed by atoms with Gasteiger partial charge in [0.1, 0.15) is 5.82 Å². The van der Waals surface area contributed by atoms with Gasteiger partial charge in [-0.15, -0.1) is 0 Å². The predicted molar refractivity (Wildman–Crippen MR) is 122 cm³/mol. The van der Waals surface area contributed by atoms with E-state index in [-0.39, 0.29) is 30.6 Å². The highest BCUT2D eigenvalue weighted by Crippen LogP contribution is 2.24. The van der Waals surface area contributed by atoms with E-state index in [0.29, 0.717) is 30.8 Å². The summed E-state index contributed by atoms with van der Waals surface area (Å²) in [5.41, 5.74) is 3.11. The zero-order valence-electron chi connectivity index (χ0n) is 18.2. The number of hydrogen-bond acceptors (Lipinski definition) is 3. The van der Waals surface area contributed by atoms with Gasteiger partial charge in [0.15, 0.2) is 0 Å². The minimum absolute atomic E-state index is 0.0405. The molecule has 33 heavy (non-hydrogen) atoms. The van der Waals surface area contributed by atoms with E-state index in [1.807, 2.05) is 42.5 Å². The van der Waals surface area contributed by atoms with E-state index in [1.165, 1.54) is 12.1 Å². The average molecular weight is 442 g/mol. The van der Waals surface area contributed by atoms with Crippen molar-refractivity contribution in [3.8, 4) is 6.07 Å². The van der Waals surface area contributed by atoms with Crippen molar-refractivity contribution in [2.24, 2.45) is 5.92 Å². The zero-order valence-corrected chi connectivity index (χ0v) is 18.2. The summed E-state index contributed by atoms with van der Waals surface area (Å²) < 4.78 is 13.8. The van der Waals surface area contributed by atoms with Crippen LogP contribution in [0.25, 0.3) is 0 Å². The molecule has 1 aliphatic rings. The molecule has 0 radical (unpaired) electrons. The van der Waals surface area contributed by atoms with Gasteiger partial charge in [-0.25, -0.2) is 4.39 Å². The molecule has 1 aliphatic heterocycles. The molecule has 0 N–H and O–H groups in total. The number of rotatable bonds is 7. The quantitative estimate of drug-likeness (QED) is 0.550. The van der Waals surface area contributed by atoms with Crippen molar-refractivity contribution in [1.82, 2.24) is 9.80 Å². The van der Waals surface area contributed by atoms with Crippen LogP contribution in [0.5, 0.6) is 0 Å². The molecule has 1 fully saturated rings. The van der Waals surface area contributed by atoms with Crippen LogP contribution in [-0.2, 0) is 29.2 Å². The topological polar surface area (TPSA) is 64.4 Å². The van der Waals surface area contributed by atoms with E-state index in [9.17, 15) is 14.0 Å². The highest BCUT2D eigenvalue weighted by atomic mass is 19.1. The van der Waals surface area contributed by atoms with Crippen LogP contribution >= 0.6 is 0 Å². The van der Waals surface area contributed by atoms with Gasteiger partial charge in [0, 0.05) is 32.6 Å². The third-order valence-electron chi connectivity index (χ3n) is 5.81. The summed E-state index contributed by atoms with van der Waals surface area (Å²) in [7, 11) is 0.